The van der Waals surface area contributed by atoms with Crippen LogP contribution in [0.1, 0.15) is 39.5 Å². The van der Waals surface area contributed by atoms with Crippen LogP contribution in [-0.4, -0.2) is 26.8 Å². The van der Waals surface area contributed by atoms with Crippen LogP contribution in [0.2, 0.25) is 0 Å². The lowest BCUT2D eigenvalue weighted by Crippen LogP contribution is -2.29. The van der Waals surface area contributed by atoms with Gasteiger partial charge in [0, 0.05) is 31.3 Å². The first-order valence-electron chi connectivity index (χ1n) is 11.0. The highest BCUT2D eigenvalue weighted by atomic mass is 32.2. The number of aryl methyl sites for hydroxylation is 2. The van der Waals surface area contributed by atoms with Crippen molar-refractivity contribution in [3.63, 3.8) is 0 Å². The van der Waals surface area contributed by atoms with Crippen molar-refractivity contribution in [2.45, 2.75) is 38.6 Å². The van der Waals surface area contributed by atoms with Crippen LogP contribution in [0.4, 0.5) is 11.4 Å². The summed E-state index contributed by atoms with van der Waals surface area (Å²) in [6, 6.07) is 18.0. The van der Waals surface area contributed by atoms with Gasteiger partial charge in [-0.25, -0.2) is 13.1 Å². The predicted octanol–water partition coefficient (Wildman–Crippen LogP) is 3.94. The minimum Gasteiger partial charge on any atom is -0.325 e. The number of carbonyl (C=O) groups excluding carboxylic acids is 2. The molecule has 176 valence electrons. The first-order chi connectivity index (χ1) is 16.1. The molecule has 4 rings (SSSR count). The molecule has 2 amide bonds. The van der Waals surface area contributed by atoms with Crippen LogP contribution in [0.15, 0.2) is 65.6 Å². The molecule has 7 nitrogen and oxygen atoms in total. The lowest BCUT2D eigenvalue weighted by molar-refractivity contribution is -0.114. The fraction of sp³-hybridized carbons (Fsp3) is 0.231. The molecule has 3 aromatic carbocycles. The lowest BCUT2D eigenvalue weighted by Gasteiger charge is -2.18. The molecule has 1 aliphatic rings. The maximum Gasteiger partial charge on any atom is 0.258 e. The summed E-state index contributed by atoms with van der Waals surface area (Å²) in [7, 11) is -3.89. The van der Waals surface area contributed by atoms with Crippen molar-refractivity contribution >= 4 is 33.2 Å². The number of nitrogens with one attached hydrogen (secondary N) is 2. The maximum atomic E-state index is 13.1. The quantitative estimate of drug-likeness (QED) is 0.562. The van der Waals surface area contributed by atoms with Gasteiger partial charge in [-0.3, -0.25) is 9.59 Å². The van der Waals surface area contributed by atoms with Crippen LogP contribution in [0.5, 0.6) is 0 Å². The summed E-state index contributed by atoms with van der Waals surface area (Å²) in [5.41, 5.74) is 5.29. The van der Waals surface area contributed by atoms with E-state index in [-0.39, 0.29) is 28.9 Å². The van der Waals surface area contributed by atoms with E-state index in [1.54, 1.807) is 24.0 Å². The van der Waals surface area contributed by atoms with Gasteiger partial charge in [-0.1, -0.05) is 35.9 Å². The second kappa shape index (κ2) is 9.40. The molecule has 34 heavy (non-hydrogen) atoms. The Balaban J connectivity index is 1.55. The zero-order chi connectivity index (χ0) is 24.5. The Kier molecular flexibility index (Phi) is 6.54. The molecule has 0 aliphatic carbocycles. The fourth-order valence-electron chi connectivity index (χ4n) is 4.00. The minimum absolute atomic E-state index is 0.0139. The Hall–Kier alpha value is -3.49. The average molecular weight is 478 g/mol. The zero-order valence-electron chi connectivity index (χ0n) is 19.4. The molecule has 0 atom stereocenters. The number of fused-ring (bicyclic) bond motifs is 1. The number of rotatable bonds is 6. The summed E-state index contributed by atoms with van der Waals surface area (Å²) < 4.78 is 28.7. The molecule has 0 saturated heterocycles. The van der Waals surface area contributed by atoms with Gasteiger partial charge in [0.25, 0.3) is 5.91 Å². The van der Waals surface area contributed by atoms with E-state index in [1.807, 2.05) is 49.4 Å². The van der Waals surface area contributed by atoms with Crippen molar-refractivity contribution < 1.29 is 18.0 Å². The second-order valence-corrected chi connectivity index (χ2v) is 10.3. The predicted molar refractivity (Wildman–Crippen MR) is 133 cm³/mol. The van der Waals surface area contributed by atoms with Crippen LogP contribution in [-0.2, 0) is 27.8 Å². The summed E-state index contributed by atoms with van der Waals surface area (Å²) >= 11 is 0. The summed E-state index contributed by atoms with van der Waals surface area (Å²) in [5.74, 6) is -0.423. The molecule has 8 heteroatoms. The van der Waals surface area contributed by atoms with E-state index in [9.17, 15) is 18.0 Å². The van der Waals surface area contributed by atoms with Gasteiger partial charge >= 0.3 is 0 Å². The van der Waals surface area contributed by atoms with Gasteiger partial charge in [0.15, 0.2) is 0 Å². The van der Waals surface area contributed by atoms with Gasteiger partial charge in [0.1, 0.15) is 4.90 Å². The molecule has 0 unspecified atom stereocenters. The van der Waals surface area contributed by atoms with Gasteiger partial charge in [0.2, 0.25) is 15.9 Å². The molecule has 0 bridgehead atoms. The van der Waals surface area contributed by atoms with Crippen molar-refractivity contribution in [3.8, 4) is 0 Å². The highest BCUT2D eigenvalue weighted by Gasteiger charge is 2.26. The number of hydrogen-bond donors (Lipinski definition) is 2. The van der Waals surface area contributed by atoms with Crippen LogP contribution in [0, 0.1) is 13.8 Å². The van der Waals surface area contributed by atoms with Crippen molar-refractivity contribution in [3.05, 3.63) is 88.5 Å². The molecule has 0 radical (unpaired) electrons. The van der Waals surface area contributed by atoms with Gasteiger partial charge in [-0.2, -0.15) is 0 Å². The molecule has 1 aliphatic heterocycles. The third-order valence-electron chi connectivity index (χ3n) is 5.79. The first kappa shape index (κ1) is 23.7. The van der Waals surface area contributed by atoms with E-state index in [1.165, 1.54) is 13.0 Å². The van der Waals surface area contributed by atoms with Crippen LogP contribution in [0.3, 0.4) is 0 Å². The van der Waals surface area contributed by atoms with E-state index in [0.29, 0.717) is 12.1 Å². The maximum absolute atomic E-state index is 13.1. The van der Waals surface area contributed by atoms with Crippen molar-refractivity contribution in [1.29, 1.82) is 0 Å². The second-order valence-electron chi connectivity index (χ2n) is 8.54. The molecule has 2 N–H and O–H groups in total. The Labute approximate surface area is 199 Å². The zero-order valence-corrected chi connectivity index (χ0v) is 20.2. The third-order valence-corrected chi connectivity index (χ3v) is 7.23. The summed E-state index contributed by atoms with van der Waals surface area (Å²) in [6.07, 6.45) is 0.752. The smallest absolute Gasteiger partial charge is 0.258 e. The van der Waals surface area contributed by atoms with Gasteiger partial charge in [-0.15, -0.1) is 0 Å². The highest BCUT2D eigenvalue weighted by Crippen LogP contribution is 2.31. The standard InChI is InChI=1S/C26H27N3O4S/c1-17-4-8-22(9-5-17)26(31)29-13-12-21-10-7-20(15-24(21)29)16-27-34(32,33)25-14-18(2)6-11-23(25)28-19(3)30/h4-11,14-15,27H,12-13,16H2,1-3H3,(H,28,30). The third kappa shape index (κ3) is 5.03. The van der Waals surface area contributed by atoms with Crippen LogP contribution in [0.25, 0.3) is 0 Å². The molecule has 0 saturated carbocycles. The SMILES string of the molecule is CC(=O)Nc1ccc(C)cc1S(=O)(=O)NCc1ccc2c(c1)N(C(=O)c1ccc(C)cc1)CC2. The number of sulfonamides is 1. The molecule has 3 aromatic rings. The molecule has 0 spiro atoms. The topological polar surface area (TPSA) is 95.6 Å². The molecule has 1 heterocycles. The van der Waals surface area contributed by atoms with E-state index in [0.717, 1.165) is 34.4 Å². The van der Waals surface area contributed by atoms with Gasteiger partial charge in [-0.05, 0) is 67.3 Å². The largest absolute Gasteiger partial charge is 0.325 e. The summed E-state index contributed by atoms with van der Waals surface area (Å²) in [5, 5.41) is 2.57. The monoisotopic (exact) mass is 477 g/mol. The summed E-state index contributed by atoms with van der Waals surface area (Å²) in [4.78, 5) is 26.3. The van der Waals surface area contributed by atoms with Crippen molar-refractivity contribution in [2.75, 3.05) is 16.8 Å². The van der Waals surface area contributed by atoms with Crippen LogP contribution >= 0.6 is 0 Å². The number of benzene rings is 3. The Morgan fingerprint density at radius 2 is 1.65 bits per heavy atom. The number of anilines is 2. The Morgan fingerprint density at radius 3 is 2.35 bits per heavy atom. The Morgan fingerprint density at radius 1 is 0.941 bits per heavy atom. The number of amides is 2. The molecule has 0 aromatic heterocycles. The Bertz CT molecular complexity index is 1370. The molecular weight excluding hydrogens is 450 g/mol. The number of hydrogen-bond acceptors (Lipinski definition) is 4. The average Bonchev–Trinajstić information content (AvgIpc) is 3.22. The molecule has 0 fully saturated rings. The highest BCUT2D eigenvalue weighted by molar-refractivity contribution is 7.89. The first-order valence-corrected chi connectivity index (χ1v) is 12.5. The van der Waals surface area contributed by atoms with Gasteiger partial charge < -0.3 is 10.2 Å². The molecular formula is C26H27N3O4S. The number of carbonyl (C=O) groups is 2. The number of nitrogens with zero attached hydrogens (tertiary/aromatic N) is 1. The minimum atomic E-state index is -3.89. The van der Waals surface area contributed by atoms with Crippen LogP contribution < -0.4 is 14.9 Å². The fourth-order valence-corrected chi connectivity index (χ4v) is 5.26. The van der Waals surface area contributed by atoms with Gasteiger partial charge in [0.05, 0.1) is 5.69 Å². The van der Waals surface area contributed by atoms with E-state index in [2.05, 4.69) is 10.0 Å². The summed E-state index contributed by atoms with van der Waals surface area (Å²) in [6.45, 7) is 5.73. The van der Waals surface area contributed by atoms with Crippen molar-refractivity contribution in [2.24, 2.45) is 0 Å². The van der Waals surface area contributed by atoms with Crippen molar-refractivity contribution in [1.82, 2.24) is 4.72 Å². The lowest BCUT2D eigenvalue weighted by atomic mass is 10.1. The normalized spacial score (nSPS) is 13.0. The van der Waals surface area contributed by atoms with E-state index >= 15 is 0 Å². The van der Waals surface area contributed by atoms with E-state index < -0.39 is 10.0 Å². The van der Waals surface area contributed by atoms with E-state index in [4.69, 9.17) is 0 Å².